The van der Waals surface area contributed by atoms with E-state index in [4.69, 9.17) is 15.0 Å². The number of fused-ring (bicyclic) bond motifs is 4. The van der Waals surface area contributed by atoms with E-state index in [1.54, 1.807) is 11.3 Å². The van der Waals surface area contributed by atoms with Gasteiger partial charge in [-0.2, -0.15) is 0 Å². The number of benzene rings is 6. The summed E-state index contributed by atoms with van der Waals surface area (Å²) in [7, 11) is 0. The van der Waals surface area contributed by atoms with Crippen LogP contribution in [-0.2, 0) is 0 Å². The minimum Gasteiger partial charge on any atom is -0.208 e. The highest BCUT2D eigenvalue weighted by molar-refractivity contribution is 7.25. The van der Waals surface area contributed by atoms with Crippen molar-refractivity contribution in [2.45, 2.75) is 0 Å². The largest absolute Gasteiger partial charge is 0.208 e. The van der Waals surface area contributed by atoms with Gasteiger partial charge in [0.25, 0.3) is 0 Å². The first kappa shape index (κ1) is 23.7. The molecule has 0 saturated heterocycles. The van der Waals surface area contributed by atoms with Gasteiger partial charge in [0.05, 0.1) is 0 Å². The van der Waals surface area contributed by atoms with Gasteiger partial charge in [-0.1, -0.05) is 121 Å². The maximum Gasteiger partial charge on any atom is 0.164 e. The molecule has 2 aromatic heterocycles. The molecule has 0 atom stereocenters. The van der Waals surface area contributed by atoms with Gasteiger partial charge in [0, 0.05) is 36.9 Å². The number of hydrogen-bond donors (Lipinski definition) is 0. The second-order valence-corrected chi connectivity index (χ2v) is 11.1. The average Bonchev–Trinajstić information content (AvgIpc) is 3.44. The topological polar surface area (TPSA) is 38.7 Å². The second-order valence-electron chi connectivity index (χ2n) is 10.0. The first-order chi connectivity index (χ1) is 20.3. The van der Waals surface area contributed by atoms with Crippen LogP contribution in [-0.4, -0.2) is 15.0 Å². The smallest absolute Gasteiger partial charge is 0.164 e. The van der Waals surface area contributed by atoms with E-state index in [0.717, 1.165) is 22.1 Å². The molecule has 3 nitrogen and oxygen atoms in total. The third-order valence-electron chi connectivity index (χ3n) is 7.56. The number of rotatable bonds is 4. The Kier molecular flexibility index (Phi) is 5.64. The molecule has 0 saturated carbocycles. The highest BCUT2D eigenvalue weighted by Gasteiger charge is 2.18. The minimum atomic E-state index is 0.665. The number of hydrogen-bond acceptors (Lipinski definition) is 4. The standard InChI is InChI=1S/C37H23N3S/c1-3-12-24(13-4-1)26-22-23-29(28-17-8-7-16-27(26)28)36-38-35(25-14-5-2-6-15-25)39-37(40-36)31-19-11-21-33-34(31)30-18-9-10-20-32(30)41-33/h1-23H. The summed E-state index contributed by atoms with van der Waals surface area (Å²) in [6.45, 7) is 0. The summed E-state index contributed by atoms with van der Waals surface area (Å²) in [6, 6.07) is 48.5. The van der Waals surface area contributed by atoms with Crippen molar-refractivity contribution in [2.24, 2.45) is 0 Å². The highest BCUT2D eigenvalue weighted by atomic mass is 32.1. The highest BCUT2D eigenvalue weighted by Crippen LogP contribution is 2.40. The van der Waals surface area contributed by atoms with Crippen molar-refractivity contribution in [1.29, 1.82) is 0 Å². The van der Waals surface area contributed by atoms with Gasteiger partial charge in [0.2, 0.25) is 0 Å². The first-order valence-electron chi connectivity index (χ1n) is 13.6. The Hall–Kier alpha value is -5.19. The summed E-state index contributed by atoms with van der Waals surface area (Å²) in [5.74, 6) is 2.01. The van der Waals surface area contributed by atoms with Gasteiger partial charge in [-0.25, -0.2) is 15.0 Å². The number of nitrogens with zero attached hydrogens (tertiary/aromatic N) is 3. The quantitative estimate of drug-likeness (QED) is 0.222. The summed E-state index contributed by atoms with van der Waals surface area (Å²) in [5, 5.41) is 4.70. The van der Waals surface area contributed by atoms with E-state index >= 15 is 0 Å². The summed E-state index contributed by atoms with van der Waals surface area (Å²) >= 11 is 1.80. The van der Waals surface area contributed by atoms with Gasteiger partial charge in [-0.15, -0.1) is 11.3 Å². The van der Waals surface area contributed by atoms with Gasteiger partial charge in [-0.3, -0.25) is 0 Å². The average molecular weight is 542 g/mol. The zero-order valence-electron chi connectivity index (χ0n) is 22.0. The fraction of sp³-hybridized carbons (Fsp3) is 0. The molecule has 0 N–H and O–H groups in total. The predicted molar refractivity (Wildman–Crippen MR) is 172 cm³/mol. The zero-order valence-corrected chi connectivity index (χ0v) is 22.8. The third-order valence-corrected chi connectivity index (χ3v) is 8.70. The number of aromatic nitrogens is 3. The lowest BCUT2D eigenvalue weighted by molar-refractivity contribution is 1.08. The van der Waals surface area contributed by atoms with Crippen LogP contribution in [0.4, 0.5) is 0 Å². The molecular formula is C37H23N3S. The summed E-state index contributed by atoms with van der Waals surface area (Å²) in [4.78, 5) is 15.3. The van der Waals surface area contributed by atoms with Gasteiger partial charge in [-0.05, 0) is 40.1 Å². The Morgan fingerprint density at radius 3 is 1.63 bits per heavy atom. The maximum atomic E-state index is 5.17. The van der Waals surface area contributed by atoms with Crippen LogP contribution in [0.5, 0.6) is 0 Å². The van der Waals surface area contributed by atoms with Crippen molar-refractivity contribution in [3.05, 3.63) is 140 Å². The van der Waals surface area contributed by atoms with Crippen LogP contribution in [0.15, 0.2) is 140 Å². The number of thiophene rings is 1. The Bertz CT molecular complexity index is 2200. The molecule has 0 aliphatic heterocycles. The van der Waals surface area contributed by atoms with E-state index in [1.807, 2.05) is 18.2 Å². The SMILES string of the molecule is c1ccc(-c2nc(-c3ccc(-c4ccccc4)c4ccccc34)nc(-c3cccc4sc5ccccc5c34)n2)cc1. The van der Waals surface area contributed by atoms with Crippen LogP contribution in [0.3, 0.4) is 0 Å². The molecule has 41 heavy (non-hydrogen) atoms. The van der Waals surface area contributed by atoms with Crippen LogP contribution in [0, 0.1) is 0 Å². The first-order valence-corrected chi connectivity index (χ1v) is 14.4. The van der Waals surface area contributed by atoms with Crippen LogP contribution < -0.4 is 0 Å². The molecule has 8 aromatic rings. The molecule has 6 aromatic carbocycles. The molecule has 192 valence electrons. The molecule has 2 heterocycles. The van der Waals surface area contributed by atoms with E-state index in [9.17, 15) is 0 Å². The Morgan fingerprint density at radius 2 is 0.878 bits per heavy atom. The summed E-state index contributed by atoms with van der Waals surface area (Å²) in [5.41, 5.74) is 5.35. The molecule has 0 unspecified atom stereocenters. The molecule has 0 fully saturated rings. The van der Waals surface area contributed by atoms with E-state index in [0.29, 0.717) is 17.5 Å². The van der Waals surface area contributed by atoms with Crippen molar-refractivity contribution in [3.63, 3.8) is 0 Å². The Balaban J connectivity index is 1.41. The van der Waals surface area contributed by atoms with Crippen molar-refractivity contribution < 1.29 is 0 Å². The zero-order chi connectivity index (χ0) is 27.2. The normalized spacial score (nSPS) is 11.4. The fourth-order valence-corrected chi connectivity index (χ4v) is 6.79. The van der Waals surface area contributed by atoms with Crippen LogP contribution >= 0.6 is 11.3 Å². The van der Waals surface area contributed by atoms with Crippen molar-refractivity contribution in [2.75, 3.05) is 0 Å². The lowest BCUT2D eigenvalue weighted by Gasteiger charge is -2.13. The van der Waals surface area contributed by atoms with Crippen molar-refractivity contribution >= 4 is 42.3 Å². The molecule has 0 bridgehead atoms. The van der Waals surface area contributed by atoms with Crippen LogP contribution in [0.1, 0.15) is 0 Å². The van der Waals surface area contributed by atoms with Crippen LogP contribution in [0.2, 0.25) is 0 Å². The van der Waals surface area contributed by atoms with Gasteiger partial charge >= 0.3 is 0 Å². The summed E-state index contributed by atoms with van der Waals surface area (Å²) < 4.78 is 2.49. The molecule has 4 heteroatoms. The second kappa shape index (κ2) is 9.77. The van der Waals surface area contributed by atoms with Gasteiger partial charge in [0.15, 0.2) is 17.5 Å². The molecular weight excluding hydrogens is 518 g/mol. The van der Waals surface area contributed by atoms with E-state index in [2.05, 4.69) is 121 Å². The van der Waals surface area contributed by atoms with Gasteiger partial charge < -0.3 is 0 Å². The minimum absolute atomic E-state index is 0.665. The van der Waals surface area contributed by atoms with Crippen molar-refractivity contribution in [3.8, 4) is 45.3 Å². The van der Waals surface area contributed by atoms with Crippen molar-refractivity contribution in [1.82, 2.24) is 15.0 Å². The molecule has 0 amide bonds. The summed E-state index contributed by atoms with van der Waals surface area (Å²) in [6.07, 6.45) is 0. The van der Waals surface area contributed by atoms with E-state index in [1.165, 1.54) is 36.7 Å². The third kappa shape index (κ3) is 4.08. The Morgan fingerprint density at radius 1 is 0.341 bits per heavy atom. The monoisotopic (exact) mass is 541 g/mol. The fourth-order valence-electron chi connectivity index (χ4n) is 5.66. The molecule has 8 rings (SSSR count). The molecule has 0 radical (unpaired) electrons. The predicted octanol–water partition coefficient (Wildman–Crippen LogP) is 10.1. The Labute approximate surface area is 241 Å². The van der Waals surface area contributed by atoms with E-state index < -0.39 is 0 Å². The molecule has 0 aliphatic rings. The maximum absolute atomic E-state index is 5.17. The van der Waals surface area contributed by atoms with E-state index in [-0.39, 0.29) is 0 Å². The lowest BCUT2D eigenvalue weighted by atomic mass is 9.94. The molecule has 0 aliphatic carbocycles. The molecule has 0 spiro atoms. The lowest BCUT2D eigenvalue weighted by Crippen LogP contribution is -2.01. The van der Waals surface area contributed by atoms with Crippen LogP contribution in [0.25, 0.3) is 76.2 Å². The van der Waals surface area contributed by atoms with Gasteiger partial charge in [0.1, 0.15) is 0 Å².